The van der Waals surface area contributed by atoms with Crippen LogP contribution in [0, 0.1) is 18.3 Å². The molecule has 0 unspecified atom stereocenters. The summed E-state index contributed by atoms with van der Waals surface area (Å²) in [5, 5.41) is 9.96. The molecule has 0 radical (unpaired) electrons. The summed E-state index contributed by atoms with van der Waals surface area (Å²) in [4.78, 5) is 14.9. The molecule has 10 nitrogen and oxygen atoms in total. The smallest absolute Gasteiger partial charge is 0.268 e. The standard InChI is InChI=1S/C25H26N4O6S2/c1-17-6-8-20(9-7-17)37(33,34)29-21-14-22(28-10-5-11-36(28,31)32)24(35-4)13-18(21)12-23(29)25(30)19(15-26)16-27(2)3/h6-9,12-14,16H,5,10-11H2,1-4H3/b19-16+. The highest BCUT2D eigenvalue weighted by Crippen LogP contribution is 2.39. The van der Waals surface area contributed by atoms with Crippen molar-refractivity contribution < 1.29 is 26.4 Å². The van der Waals surface area contributed by atoms with Crippen molar-refractivity contribution in [3.63, 3.8) is 0 Å². The lowest BCUT2D eigenvalue weighted by Crippen LogP contribution is -2.25. The van der Waals surface area contributed by atoms with Crippen molar-refractivity contribution in [2.24, 2.45) is 0 Å². The molecule has 12 heteroatoms. The predicted octanol–water partition coefficient (Wildman–Crippen LogP) is 2.89. The summed E-state index contributed by atoms with van der Waals surface area (Å²) in [5.74, 6) is -0.620. The summed E-state index contributed by atoms with van der Waals surface area (Å²) in [6, 6.07) is 12.2. The summed E-state index contributed by atoms with van der Waals surface area (Å²) < 4.78 is 60.8. The first-order chi connectivity index (χ1) is 17.4. The third kappa shape index (κ3) is 4.68. The van der Waals surface area contributed by atoms with Gasteiger partial charge in [-0.15, -0.1) is 0 Å². The number of carbonyl (C=O) groups excluding carboxylic acids is 1. The number of hydrogen-bond donors (Lipinski definition) is 0. The first kappa shape index (κ1) is 26.2. The number of sulfonamides is 1. The molecular weight excluding hydrogens is 516 g/mol. The summed E-state index contributed by atoms with van der Waals surface area (Å²) in [7, 11) is -3.30. The largest absolute Gasteiger partial charge is 0.495 e. The van der Waals surface area contributed by atoms with Crippen molar-refractivity contribution in [2.75, 3.05) is 37.8 Å². The molecule has 0 aliphatic carbocycles. The van der Waals surface area contributed by atoms with Crippen molar-refractivity contribution in [3.8, 4) is 11.8 Å². The van der Waals surface area contributed by atoms with E-state index in [1.807, 2.05) is 13.0 Å². The number of benzene rings is 2. The Morgan fingerprint density at radius 3 is 2.38 bits per heavy atom. The lowest BCUT2D eigenvalue weighted by atomic mass is 10.1. The second-order valence-electron chi connectivity index (χ2n) is 8.88. The number of ether oxygens (including phenoxy) is 1. The van der Waals surface area contributed by atoms with Crippen LogP contribution in [0.1, 0.15) is 22.5 Å². The zero-order valence-electron chi connectivity index (χ0n) is 20.8. The number of rotatable bonds is 7. The van der Waals surface area contributed by atoms with Crippen LogP contribution >= 0.6 is 0 Å². The van der Waals surface area contributed by atoms with Gasteiger partial charge in [0.2, 0.25) is 15.8 Å². The minimum Gasteiger partial charge on any atom is -0.495 e. The molecule has 2 heterocycles. The van der Waals surface area contributed by atoms with Crippen LogP contribution in [0.25, 0.3) is 10.9 Å². The molecule has 0 spiro atoms. The average Bonchev–Trinajstić information content (AvgIpc) is 3.40. The maximum Gasteiger partial charge on any atom is 0.268 e. The van der Waals surface area contributed by atoms with Gasteiger partial charge in [0, 0.05) is 32.2 Å². The van der Waals surface area contributed by atoms with Crippen molar-refractivity contribution in [2.45, 2.75) is 18.2 Å². The fraction of sp³-hybridized carbons (Fsp3) is 0.280. The zero-order valence-corrected chi connectivity index (χ0v) is 22.4. The summed E-state index contributed by atoms with van der Waals surface area (Å²) >= 11 is 0. The Morgan fingerprint density at radius 1 is 1.16 bits per heavy atom. The van der Waals surface area contributed by atoms with Crippen LogP contribution in [-0.4, -0.2) is 65.0 Å². The van der Waals surface area contributed by atoms with E-state index in [2.05, 4.69) is 0 Å². The Bertz CT molecular complexity index is 1680. The van der Waals surface area contributed by atoms with Gasteiger partial charge < -0.3 is 9.64 Å². The normalized spacial score (nSPS) is 15.5. The van der Waals surface area contributed by atoms with E-state index in [-0.39, 0.29) is 45.4 Å². The van der Waals surface area contributed by atoms with E-state index >= 15 is 0 Å². The van der Waals surface area contributed by atoms with Gasteiger partial charge in [0.25, 0.3) is 10.0 Å². The molecule has 0 amide bonds. The summed E-state index contributed by atoms with van der Waals surface area (Å²) in [5.41, 5.74) is 0.592. The van der Waals surface area contributed by atoms with Crippen LogP contribution in [-0.2, 0) is 20.0 Å². The van der Waals surface area contributed by atoms with Crippen molar-refractivity contribution in [1.29, 1.82) is 5.26 Å². The van der Waals surface area contributed by atoms with E-state index in [0.717, 1.165) is 9.54 Å². The topological polar surface area (TPSA) is 130 Å². The average molecular weight is 543 g/mol. The van der Waals surface area contributed by atoms with E-state index < -0.39 is 25.8 Å². The Kier molecular flexibility index (Phi) is 6.79. The molecule has 0 N–H and O–H groups in total. The number of aryl methyl sites for hydroxylation is 1. The Balaban J connectivity index is 2.08. The van der Waals surface area contributed by atoms with Crippen LogP contribution in [0.15, 0.2) is 59.1 Å². The van der Waals surface area contributed by atoms with Gasteiger partial charge in [0.15, 0.2) is 0 Å². The highest BCUT2D eigenvalue weighted by molar-refractivity contribution is 7.93. The van der Waals surface area contributed by atoms with Crippen molar-refractivity contribution in [1.82, 2.24) is 8.87 Å². The van der Waals surface area contributed by atoms with Gasteiger partial charge in [-0.3, -0.25) is 9.10 Å². The SMILES string of the molecule is COc1cc2cc(C(=O)/C(C#N)=C/N(C)C)n(S(=O)(=O)c3ccc(C)cc3)c2cc1N1CCCS1(=O)=O. The Labute approximate surface area is 216 Å². The minimum absolute atomic E-state index is 0.0402. The lowest BCUT2D eigenvalue weighted by molar-refractivity contribution is 0.103. The second-order valence-corrected chi connectivity index (χ2v) is 12.7. The second kappa shape index (κ2) is 9.57. The van der Waals surface area contributed by atoms with Crippen LogP contribution in [0.5, 0.6) is 5.75 Å². The van der Waals surface area contributed by atoms with Gasteiger partial charge in [0.05, 0.1) is 29.0 Å². The van der Waals surface area contributed by atoms with E-state index in [1.54, 1.807) is 26.2 Å². The van der Waals surface area contributed by atoms with Crippen molar-refractivity contribution >= 4 is 42.4 Å². The van der Waals surface area contributed by atoms with Gasteiger partial charge >= 0.3 is 0 Å². The molecule has 1 aliphatic rings. The molecule has 0 atom stereocenters. The first-order valence-corrected chi connectivity index (χ1v) is 14.3. The Hall–Kier alpha value is -3.82. The fourth-order valence-corrected chi connectivity index (χ4v) is 7.30. The van der Waals surface area contributed by atoms with Gasteiger partial charge in [-0.2, -0.15) is 5.26 Å². The van der Waals surface area contributed by atoms with E-state index in [0.29, 0.717) is 11.8 Å². The highest BCUT2D eigenvalue weighted by Gasteiger charge is 2.33. The molecule has 194 valence electrons. The molecule has 0 bridgehead atoms. The quantitative estimate of drug-likeness (QED) is 0.253. The van der Waals surface area contributed by atoms with Crippen LogP contribution in [0.3, 0.4) is 0 Å². The van der Waals surface area contributed by atoms with Crippen LogP contribution in [0.2, 0.25) is 0 Å². The van der Waals surface area contributed by atoms with E-state index in [1.165, 1.54) is 52.8 Å². The molecule has 37 heavy (non-hydrogen) atoms. The number of allylic oxidation sites excluding steroid dienone is 1. The predicted molar refractivity (Wildman–Crippen MR) is 140 cm³/mol. The molecule has 1 fully saturated rings. The number of aromatic nitrogens is 1. The minimum atomic E-state index is -4.34. The molecule has 0 saturated carbocycles. The monoisotopic (exact) mass is 542 g/mol. The number of Topliss-reactive ketones (excluding diaryl/α,β-unsaturated/α-hetero) is 1. The number of hydrogen-bond acceptors (Lipinski definition) is 8. The molecule has 1 aromatic heterocycles. The fourth-order valence-electron chi connectivity index (χ4n) is 4.24. The third-order valence-corrected chi connectivity index (χ3v) is 9.57. The number of nitriles is 1. The van der Waals surface area contributed by atoms with Crippen LogP contribution < -0.4 is 9.04 Å². The number of nitrogens with zero attached hydrogens (tertiary/aromatic N) is 4. The summed E-state index contributed by atoms with van der Waals surface area (Å²) in [6.45, 7) is 2.03. The molecule has 1 saturated heterocycles. The first-order valence-electron chi connectivity index (χ1n) is 11.3. The molecule has 1 aliphatic heterocycles. The molecule has 4 rings (SSSR count). The number of carbonyl (C=O) groups is 1. The number of methoxy groups -OCH3 is 1. The zero-order chi connectivity index (χ0) is 27.1. The van der Waals surface area contributed by atoms with E-state index in [4.69, 9.17) is 4.74 Å². The van der Waals surface area contributed by atoms with Gasteiger partial charge in [-0.05, 0) is 43.7 Å². The molecule has 3 aromatic rings. The number of ketones is 1. The van der Waals surface area contributed by atoms with Gasteiger partial charge in [-0.1, -0.05) is 17.7 Å². The Morgan fingerprint density at radius 2 is 1.84 bits per heavy atom. The lowest BCUT2D eigenvalue weighted by Gasteiger charge is -2.20. The van der Waals surface area contributed by atoms with Crippen molar-refractivity contribution in [3.05, 3.63) is 65.5 Å². The summed E-state index contributed by atoms with van der Waals surface area (Å²) in [6.07, 6.45) is 1.72. The maximum absolute atomic E-state index is 13.9. The third-order valence-electron chi connectivity index (χ3n) is 5.97. The molecular formula is C25H26N4O6S2. The van der Waals surface area contributed by atoms with Gasteiger partial charge in [-0.25, -0.2) is 20.8 Å². The van der Waals surface area contributed by atoms with Gasteiger partial charge in [0.1, 0.15) is 23.1 Å². The van der Waals surface area contributed by atoms with E-state index in [9.17, 15) is 26.9 Å². The maximum atomic E-state index is 13.9. The number of anilines is 1. The molecule has 2 aromatic carbocycles. The van der Waals surface area contributed by atoms with Crippen LogP contribution in [0.4, 0.5) is 5.69 Å². The highest BCUT2D eigenvalue weighted by atomic mass is 32.2. The number of fused-ring (bicyclic) bond motifs is 1.